The van der Waals surface area contributed by atoms with E-state index in [0.29, 0.717) is 12.3 Å². The first kappa shape index (κ1) is 10.5. The summed E-state index contributed by atoms with van der Waals surface area (Å²) in [5.41, 5.74) is 5.31. The summed E-state index contributed by atoms with van der Waals surface area (Å²) in [4.78, 5) is 4.83. The smallest absolute Gasteiger partial charge is 0.0918 e. The molecular formula is C9H20N4. The number of piperazine rings is 1. The van der Waals surface area contributed by atoms with Gasteiger partial charge in [-0.25, -0.2) is 0 Å². The van der Waals surface area contributed by atoms with Crippen LogP contribution in [0.25, 0.3) is 0 Å². The fourth-order valence-electron chi connectivity index (χ4n) is 1.61. The fraction of sp³-hybridized carbons (Fsp3) is 0.889. The SMILES string of the molecule is CCN1CCN(CCC(=N)N)CC1. The predicted molar refractivity (Wildman–Crippen MR) is 55.1 cm³/mol. The molecule has 1 heterocycles. The van der Waals surface area contributed by atoms with Crippen LogP contribution in [0.2, 0.25) is 0 Å². The lowest BCUT2D eigenvalue weighted by Gasteiger charge is -2.33. The number of likely N-dealkylation sites (N-methyl/N-ethyl adjacent to an activating group) is 1. The second-order valence-electron chi connectivity index (χ2n) is 3.55. The highest BCUT2D eigenvalue weighted by atomic mass is 15.3. The van der Waals surface area contributed by atoms with Crippen LogP contribution in [0.3, 0.4) is 0 Å². The van der Waals surface area contributed by atoms with Crippen molar-refractivity contribution in [2.24, 2.45) is 5.73 Å². The first-order chi connectivity index (χ1) is 6.22. The van der Waals surface area contributed by atoms with Gasteiger partial charge in [-0.2, -0.15) is 0 Å². The van der Waals surface area contributed by atoms with Crippen molar-refractivity contribution >= 4 is 5.84 Å². The normalized spacial score (nSPS) is 20.4. The van der Waals surface area contributed by atoms with E-state index in [1.807, 2.05) is 0 Å². The number of nitrogens with zero attached hydrogens (tertiary/aromatic N) is 2. The minimum Gasteiger partial charge on any atom is -0.388 e. The van der Waals surface area contributed by atoms with Crippen molar-refractivity contribution in [1.29, 1.82) is 5.41 Å². The minimum absolute atomic E-state index is 0.304. The van der Waals surface area contributed by atoms with Crippen LogP contribution >= 0.6 is 0 Å². The van der Waals surface area contributed by atoms with Crippen molar-refractivity contribution < 1.29 is 0 Å². The Hall–Kier alpha value is -0.610. The quantitative estimate of drug-likeness (QED) is 0.476. The van der Waals surface area contributed by atoms with Gasteiger partial charge in [0.2, 0.25) is 0 Å². The summed E-state index contributed by atoms with van der Waals surface area (Å²) >= 11 is 0. The summed E-state index contributed by atoms with van der Waals surface area (Å²) in [5, 5.41) is 7.13. The number of hydrogen-bond acceptors (Lipinski definition) is 3. The topological polar surface area (TPSA) is 56.4 Å². The molecule has 1 aliphatic rings. The zero-order valence-corrected chi connectivity index (χ0v) is 8.42. The maximum absolute atomic E-state index is 7.13. The van der Waals surface area contributed by atoms with Crippen LogP contribution in [-0.2, 0) is 0 Å². The van der Waals surface area contributed by atoms with E-state index in [1.165, 1.54) is 0 Å². The van der Waals surface area contributed by atoms with Crippen LogP contribution < -0.4 is 5.73 Å². The molecule has 0 aromatic carbocycles. The molecular weight excluding hydrogens is 164 g/mol. The lowest BCUT2D eigenvalue weighted by atomic mass is 10.3. The molecule has 76 valence electrons. The van der Waals surface area contributed by atoms with Gasteiger partial charge in [0.25, 0.3) is 0 Å². The van der Waals surface area contributed by atoms with Crippen molar-refractivity contribution in [3.63, 3.8) is 0 Å². The highest BCUT2D eigenvalue weighted by Gasteiger charge is 2.14. The molecule has 0 radical (unpaired) electrons. The molecule has 3 N–H and O–H groups in total. The molecule has 0 aromatic rings. The Morgan fingerprint density at radius 2 is 1.77 bits per heavy atom. The van der Waals surface area contributed by atoms with Crippen LogP contribution in [0.1, 0.15) is 13.3 Å². The van der Waals surface area contributed by atoms with E-state index >= 15 is 0 Å². The fourth-order valence-corrected chi connectivity index (χ4v) is 1.61. The van der Waals surface area contributed by atoms with Gasteiger partial charge in [0.1, 0.15) is 0 Å². The van der Waals surface area contributed by atoms with Gasteiger partial charge in [0, 0.05) is 39.1 Å². The van der Waals surface area contributed by atoms with Crippen molar-refractivity contribution in [3.8, 4) is 0 Å². The number of rotatable bonds is 4. The molecule has 0 atom stereocenters. The number of amidine groups is 1. The first-order valence-electron chi connectivity index (χ1n) is 5.00. The molecule has 1 fully saturated rings. The Morgan fingerprint density at radius 3 is 2.23 bits per heavy atom. The van der Waals surface area contributed by atoms with Gasteiger partial charge in [-0.3, -0.25) is 5.41 Å². The molecule has 0 saturated carbocycles. The van der Waals surface area contributed by atoms with Gasteiger partial charge in [0.15, 0.2) is 0 Å². The van der Waals surface area contributed by atoms with Gasteiger partial charge in [-0.05, 0) is 6.54 Å². The van der Waals surface area contributed by atoms with E-state index in [2.05, 4.69) is 16.7 Å². The van der Waals surface area contributed by atoms with Crippen LogP contribution in [0.4, 0.5) is 0 Å². The maximum atomic E-state index is 7.13. The summed E-state index contributed by atoms with van der Waals surface area (Å²) < 4.78 is 0. The Kier molecular flexibility index (Phi) is 4.18. The monoisotopic (exact) mass is 184 g/mol. The van der Waals surface area contributed by atoms with Gasteiger partial charge in [0.05, 0.1) is 5.84 Å². The van der Waals surface area contributed by atoms with Crippen molar-refractivity contribution in [1.82, 2.24) is 9.80 Å². The zero-order chi connectivity index (χ0) is 9.68. The maximum Gasteiger partial charge on any atom is 0.0918 e. The molecule has 0 aliphatic carbocycles. The summed E-state index contributed by atoms with van der Waals surface area (Å²) in [5.74, 6) is 0.304. The van der Waals surface area contributed by atoms with Gasteiger partial charge in [-0.15, -0.1) is 0 Å². The van der Waals surface area contributed by atoms with E-state index in [4.69, 9.17) is 11.1 Å². The van der Waals surface area contributed by atoms with Crippen LogP contribution in [0.5, 0.6) is 0 Å². The van der Waals surface area contributed by atoms with Crippen LogP contribution in [0.15, 0.2) is 0 Å². The highest BCUT2D eigenvalue weighted by Crippen LogP contribution is 2.01. The summed E-state index contributed by atoms with van der Waals surface area (Å²) in [7, 11) is 0. The third-order valence-electron chi connectivity index (χ3n) is 2.61. The molecule has 0 bridgehead atoms. The van der Waals surface area contributed by atoms with Gasteiger partial charge in [-0.1, -0.05) is 6.92 Å². The molecule has 0 spiro atoms. The third kappa shape index (κ3) is 3.74. The molecule has 0 unspecified atom stereocenters. The zero-order valence-electron chi connectivity index (χ0n) is 8.42. The molecule has 1 aliphatic heterocycles. The number of nitrogens with one attached hydrogen (secondary N) is 1. The molecule has 0 amide bonds. The van der Waals surface area contributed by atoms with E-state index < -0.39 is 0 Å². The Morgan fingerprint density at radius 1 is 1.23 bits per heavy atom. The summed E-state index contributed by atoms with van der Waals surface area (Å²) in [6.45, 7) is 8.88. The molecule has 1 rings (SSSR count). The molecule has 4 heteroatoms. The molecule has 1 saturated heterocycles. The third-order valence-corrected chi connectivity index (χ3v) is 2.61. The van der Waals surface area contributed by atoms with Gasteiger partial charge < -0.3 is 15.5 Å². The standard InChI is InChI=1S/C9H20N4/c1-2-12-5-7-13(8-6-12)4-3-9(10)11/h2-8H2,1H3,(H3,10,11). The second-order valence-corrected chi connectivity index (χ2v) is 3.55. The largest absolute Gasteiger partial charge is 0.388 e. The van der Waals surface area contributed by atoms with E-state index in [-0.39, 0.29) is 0 Å². The van der Waals surface area contributed by atoms with Crippen molar-refractivity contribution in [3.05, 3.63) is 0 Å². The molecule has 13 heavy (non-hydrogen) atoms. The first-order valence-corrected chi connectivity index (χ1v) is 5.00. The van der Waals surface area contributed by atoms with Crippen molar-refractivity contribution in [2.75, 3.05) is 39.3 Å². The van der Waals surface area contributed by atoms with E-state index in [0.717, 1.165) is 39.3 Å². The number of hydrogen-bond donors (Lipinski definition) is 2. The Labute approximate surface area is 80.2 Å². The van der Waals surface area contributed by atoms with E-state index in [1.54, 1.807) is 0 Å². The molecule has 0 aromatic heterocycles. The lowest BCUT2D eigenvalue weighted by molar-refractivity contribution is 0.140. The summed E-state index contributed by atoms with van der Waals surface area (Å²) in [6, 6.07) is 0. The summed E-state index contributed by atoms with van der Waals surface area (Å²) in [6.07, 6.45) is 0.714. The average molecular weight is 184 g/mol. The van der Waals surface area contributed by atoms with Gasteiger partial charge >= 0.3 is 0 Å². The minimum atomic E-state index is 0.304. The van der Waals surface area contributed by atoms with Crippen LogP contribution in [-0.4, -0.2) is 54.9 Å². The van der Waals surface area contributed by atoms with Crippen LogP contribution in [0, 0.1) is 5.41 Å². The average Bonchev–Trinajstić information content (AvgIpc) is 2.15. The molecule has 4 nitrogen and oxygen atoms in total. The van der Waals surface area contributed by atoms with E-state index in [9.17, 15) is 0 Å². The van der Waals surface area contributed by atoms with Crippen molar-refractivity contribution in [2.45, 2.75) is 13.3 Å². The second kappa shape index (κ2) is 5.19. The predicted octanol–water partition coefficient (Wildman–Crippen LogP) is -0.0500. The number of nitrogens with two attached hydrogens (primary N) is 1. The Balaban J connectivity index is 2.14. The highest BCUT2D eigenvalue weighted by molar-refractivity contribution is 5.76. The lowest BCUT2D eigenvalue weighted by Crippen LogP contribution is -2.46. The Bertz CT molecular complexity index is 161.